The van der Waals surface area contributed by atoms with Crippen molar-refractivity contribution in [3.05, 3.63) is 71.6 Å². The Morgan fingerprint density at radius 3 is 2.85 bits per heavy atom. The lowest BCUT2D eigenvalue weighted by molar-refractivity contribution is 0.0951. The smallest absolute Gasteiger partial charge is 0.251 e. The second kappa shape index (κ2) is 6.63. The van der Waals surface area contributed by atoms with Crippen LogP contribution in [0.2, 0.25) is 0 Å². The normalized spacial score (nSPS) is 22.0. The molecular weight excluding hydrogens is 340 g/mol. The third-order valence-electron chi connectivity index (χ3n) is 5.59. The second-order valence-electron chi connectivity index (χ2n) is 7.30. The third kappa shape index (κ3) is 3.02. The van der Waals surface area contributed by atoms with Gasteiger partial charge in [-0.1, -0.05) is 36.4 Å². The van der Waals surface area contributed by atoms with Gasteiger partial charge in [-0.15, -0.1) is 10.2 Å². The summed E-state index contributed by atoms with van der Waals surface area (Å²) in [6.45, 7) is 3.60. The van der Waals surface area contributed by atoms with Crippen molar-refractivity contribution < 1.29 is 9.21 Å². The molecule has 2 aliphatic heterocycles. The number of carbonyl (C=O) groups excluding carboxylic acids is 1. The van der Waals surface area contributed by atoms with Crippen LogP contribution in [0.3, 0.4) is 0 Å². The highest BCUT2D eigenvalue weighted by Gasteiger charge is 2.38. The average Bonchev–Trinajstić information content (AvgIpc) is 3.34. The summed E-state index contributed by atoms with van der Waals surface area (Å²) < 4.78 is 5.28. The predicted octanol–water partition coefficient (Wildman–Crippen LogP) is 2.70. The van der Waals surface area contributed by atoms with Gasteiger partial charge in [0.25, 0.3) is 5.91 Å². The van der Waals surface area contributed by atoms with Crippen molar-refractivity contribution in [3.8, 4) is 11.5 Å². The van der Waals surface area contributed by atoms with Crippen molar-refractivity contribution in [1.29, 1.82) is 0 Å². The van der Waals surface area contributed by atoms with Crippen LogP contribution in [-0.2, 0) is 6.54 Å². The number of benzene rings is 2. The van der Waals surface area contributed by atoms with Crippen LogP contribution in [0.4, 0.5) is 0 Å². The van der Waals surface area contributed by atoms with Gasteiger partial charge < -0.3 is 9.73 Å². The van der Waals surface area contributed by atoms with E-state index in [0.29, 0.717) is 24.3 Å². The maximum Gasteiger partial charge on any atom is 0.251 e. The van der Waals surface area contributed by atoms with Crippen LogP contribution in [0, 0.1) is 5.92 Å². The highest BCUT2D eigenvalue weighted by molar-refractivity contribution is 5.97. The monoisotopic (exact) mass is 360 g/mol. The summed E-state index contributed by atoms with van der Waals surface area (Å²) in [4.78, 5) is 15.1. The molecule has 3 heterocycles. The number of nitrogens with one attached hydrogen (secondary N) is 1. The Kier molecular flexibility index (Phi) is 3.98. The van der Waals surface area contributed by atoms with Gasteiger partial charge in [-0.25, -0.2) is 0 Å². The molecule has 2 aliphatic rings. The lowest BCUT2D eigenvalue weighted by Crippen LogP contribution is -2.29. The summed E-state index contributed by atoms with van der Waals surface area (Å²) >= 11 is 0. The van der Waals surface area contributed by atoms with Gasteiger partial charge in [-0.3, -0.25) is 9.69 Å². The first-order valence-electron chi connectivity index (χ1n) is 9.23. The number of carbonyl (C=O) groups is 1. The minimum atomic E-state index is -0.0182. The Morgan fingerprint density at radius 1 is 1.15 bits per heavy atom. The molecule has 1 fully saturated rings. The molecule has 0 radical (unpaired) electrons. The molecule has 6 nitrogen and oxygen atoms in total. The van der Waals surface area contributed by atoms with E-state index in [1.807, 2.05) is 18.2 Å². The molecule has 2 aromatic carbocycles. The van der Waals surface area contributed by atoms with Gasteiger partial charge in [0.15, 0.2) is 0 Å². The van der Waals surface area contributed by atoms with Gasteiger partial charge in [-0.05, 0) is 29.2 Å². The van der Waals surface area contributed by atoms with Crippen molar-refractivity contribution in [3.63, 3.8) is 0 Å². The van der Waals surface area contributed by atoms with Crippen LogP contribution in [0.15, 0.2) is 59.3 Å². The molecule has 1 saturated heterocycles. The highest BCUT2D eigenvalue weighted by atomic mass is 16.4. The van der Waals surface area contributed by atoms with Gasteiger partial charge in [0, 0.05) is 43.2 Å². The summed E-state index contributed by atoms with van der Waals surface area (Å²) in [5.74, 6) is 1.19. The number of hydrogen-bond acceptors (Lipinski definition) is 5. The van der Waals surface area contributed by atoms with Crippen LogP contribution in [0.25, 0.3) is 11.5 Å². The fourth-order valence-corrected chi connectivity index (χ4v) is 4.32. The van der Waals surface area contributed by atoms with Gasteiger partial charge in [-0.2, -0.15) is 0 Å². The predicted molar refractivity (Wildman–Crippen MR) is 100 cm³/mol. The molecule has 5 rings (SSSR count). The topological polar surface area (TPSA) is 71.3 Å². The molecule has 1 unspecified atom stereocenters. The van der Waals surface area contributed by atoms with E-state index < -0.39 is 0 Å². The molecule has 3 aromatic rings. The number of amides is 1. The fraction of sp³-hybridized carbons (Fsp3) is 0.286. The minimum Gasteiger partial charge on any atom is -0.423 e. The van der Waals surface area contributed by atoms with E-state index in [2.05, 4.69) is 50.7 Å². The van der Waals surface area contributed by atoms with Crippen molar-refractivity contribution in [2.75, 3.05) is 19.6 Å². The van der Waals surface area contributed by atoms with Crippen molar-refractivity contribution >= 4 is 5.91 Å². The molecule has 0 saturated carbocycles. The number of hydrogen-bond donors (Lipinski definition) is 1. The van der Waals surface area contributed by atoms with E-state index in [4.69, 9.17) is 4.42 Å². The first-order valence-corrected chi connectivity index (χ1v) is 9.23. The summed E-state index contributed by atoms with van der Waals surface area (Å²) in [7, 11) is 0. The Labute approximate surface area is 157 Å². The van der Waals surface area contributed by atoms with Gasteiger partial charge in [0.1, 0.15) is 0 Å². The molecule has 1 N–H and O–H groups in total. The summed E-state index contributed by atoms with van der Waals surface area (Å²) in [6, 6.07) is 16.5. The first kappa shape index (κ1) is 16.2. The minimum absolute atomic E-state index is 0.0182. The Morgan fingerprint density at radius 2 is 2.04 bits per heavy atom. The van der Waals surface area contributed by atoms with Gasteiger partial charge in [0.2, 0.25) is 12.3 Å². The van der Waals surface area contributed by atoms with Crippen molar-refractivity contribution in [2.45, 2.75) is 12.5 Å². The highest BCUT2D eigenvalue weighted by Crippen LogP contribution is 2.37. The Hall–Kier alpha value is -2.99. The van der Waals surface area contributed by atoms with E-state index in [9.17, 15) is 4.79 Å². The average molecular weight is 360 g/mol. The van der Waals surface area contributed by atoms with E-state index in [1.165, 1.54) is 12.0 Å². The zero-order valence-corrected chi connectivity index (χ0v) is 14.8. The van der Waals surface area contributed by atoms with Crippen LogP contribution in [-0.4, -0.2) is 40.6 Å². The summed E-state index contributed by atoms with van der Waals surface area (Å²) in [5.41, 5.74) is 3.94. The molecule has 0 bridgehead atoms. The number of likely N-dealkylation sites (tertiary alicyclic amines) is 1. The first-order chi connectivity index (χ1) is 13.3. The molecule has 2 atom stereocenters. The summed E-state index contributed by atoms with van der Waals surface area (Å²) in [5, 5.41) is 10.8. The summed E-state index contributed by atoms with van der Waals surface area (Å²) in [6.07, 6.45) is 1.30. The van der Waals surface area contributed by atoms with Crippen LogP contribution in [0.5, 0.6) is 0 Å². The molecular formula is C21H20N4O2. The van der Waals surface area contributed by atoms with Gasteiger partial charge >= 0.3 is 0 Å². The van der Waals surface area contributed by atoms with Crippen LogP contribution < -0.4 is 5.32 Å². The largest absolute Gasteiger partial charge is 0.423 e. The standard InChI is InChI=1S/C21H20N4O2/c26-20-18-8-15(21-24-23-13-27-21)6-7-17(18)19-12-25(11-16(19)9-22-20)10-14-4-2-1-3-5-14/h1-8,13,16,19H,9-12H2,(H,22,26)/t16-,19?/m0/s1. The number of nitrogens with zero attached hydrogens (tertiary/aromatic N) is 3. The SMILES string of the molecule is O=C1NC[C@H]2CN(Cc3ccccc3)CC2c2ccc(-c3nnco3)cc21. The lowest BCUT2D eigenvalue weighted by atomic mass is 9.86. The number of aromatic nitrogens is 2. The fourth-order valence-electron chi connectivity index (χ4n) is 4.32. The molecule has 0 spiro atoms. The van der Waals surface area contributed by atoms with E-state index in [-0.39, 0.29) is 5.91 Å². The zero-order chi connectivity index (χ0) is 18.2. The second-order valence-corrected chi connectivity index (χ2v) is 7.30. The van der Waals surface area contributed by atoms with Crippen molar-refractivity contribution in [1.82, 2.24) is 20.4 Å². The molecule has 1 aromatic heterocycles. The van der Waals surface area contributed by atoms with Crippen LogP contribution in [0.1, 0.15) is 27.4 Å². The number of fused-ring (bicyclic) bond motifs is 3. The molecule has 6 heteroatoms. The van der Waals surface area contributed by atoms with E-state index in [1.54, 1.807) is 0 Å². The molecule has 1 amide bonds. The Bertz CT molecular complexity index is 956. The van der Waals surface area contributed by atoms with Crippen LogP contribution >= 0.6 is 0 Å². The Balaban J connectivity index is 1.44. The lowest BCUT2D eigenvalue weighted by Gasteiger charge is -2.17. The van der Waals surface area contributed by atoms with Crippen molar-refractivity contribution in [2.24, 2.45) is 5.92 Å². The molecule has 27 heavy (non-hydrogen) atoms. The maximum atomic E-state index is 12.6. The van der Waals surface area contributed by atoms with E-state index in [0.717, 1.165) is 36.3 Å². The number of rotatable bonds is 3. The maximum absolute atomic E-state index is 12.6. The zero-order valence-electron chi connectivity index (χ0n) is 14.8. The third-order valence-corrected chi connectivity index (χ3v) is 5.59. The van der Waals surface area contributed by atoms with E-state index >= 15 is 0 Å². The van der Waals surface area contributed by atoms with Gasteiger partial charge in [0.05, 0.1) is 0 Å². The quantitative estimate of drug-likeness (QED) is 0.778. The molecule has 0 aliphatic carbocycles. The molecule has 136 valence electrons.